The fourth-order valence-electron chi connectivity index (χ4n) is 3.88. The Morgan fingerprint density at radius 2 is 1.84 bits per heavy atom. The van der Waals surface area contributed by atoms with Gasteiger partial charge in [-0.3, -0.25) is 9.78 Å². The highest BCUT2D eigenvalue weighted by Gasteiger charge is 2.54. The Bertz CT molecular complexity index is 631. The van der Waals surface area contributed by atoms with Gasteiger partial charge in [-0.25, -0.2) is 0 Å². The second-order valence-corrected chi connectivity index (χ2v) is 5.88. The van der Waals surface area contributed by atoms with Crippen LogP contribution in [0.1, 0.15) is 36.0 Å². The van der Waals surface area contributed by atoms with Gasteiger partial charge in [-0.2, -0.15) is 0 Å². The summed E-state index contributed by atoms with van der Waals surface area (Å²) in [4.78, 5) is 17.1. The third-order valence-corrected chi connectivity index (χ3v) is 4.87. The first-order valence-corrected chi connectivity index (χ1v) is 7.24. The summed E-state index contributed by atoms with van der Waals surface area (Å²) < 4.78 is 0. The third kappa shape index (κ3) is 1.70. The summed E-state index contributed by atoms with van der Waals surface area (Å²) in [5.41, 5.74) is 1.81. The Kier molecular flexibility index (Phi) is 2.44. The molecule has 0 bridgehead atoms. The van der Waals surface area contributed by atoms with Gasteiger partial charge in [0.15, 0.2) is 5.78 Å². The van der Waals surface area contributed by atoms with Crippen molar-refractivity contribution in [2.75, 3.05) is 0 Å². The van der Waals surface area contributed by atoms with Crippen molar-refractivity contribution < 1.29 is 4.79 Å². The smallest absolute Gasteiger partial charge is 0.167 e. The van der Waals surface area contributed by atoms with Crippen molar-refractivity contribution in [2.45, 2.75) is 25.7 Å². The molecule has 2 nitrogen and oxygen atoms in total. The molecule has 2 unspecified atom stereocenters. The number of carbonyl (C=O) groups excluding carboxylic acids is 1. The highest BCUT2D eigenvalue weighted by molar-refractivity contribution is 6.09. The van der Waals surface area contributed by atoms with Crippen LogP contribution in [0.25, 0.3) is 10.9 Å². The van der Waals surface area contributed by atoms with Crippen LogP contribution in [0.15, 0.2) is 36.5 Å². The molecule has 0 spiro atoms. The van der Waals surface area contributed by atoms with E-state index in [0.29, 0.717) is 23.5 Å². The molecule has 2 heteroatoms. The van der Waals surface area contributed by atoms with E-state index in [2.05, 4.69) is 4.98 Å². The van der Waals surface area contributed by atoms with Gasteiger partial charge >= 0.3 is 0 Å². The lowest BCUT2D eigenvalue weighted by Gasteiger charge is -2.04. The zero-order chi connectivity index (χ0) is 12.8. The molecule has 0 aliphatic heterocycles. The summed E-state index contributed by atoms with van der Waals surface area (Å²) in [5.74, 6) is 2.00. The molecule has 2 aromatic rings. The maximum Gasteiger partial charge on any atom is 0.167 e. The van der Waals surface area contributed by atoms with E-state index >= 15 is 0 Å². The molecule has 1 aromatic carbocycles. The molecule has 1 aromatic heterocycles. The van der Waals surface area contributed by atoms with Gasteiger partial charge in [-0.1, -0.05) is 31.0 Å². The van der Waals surface area contributed by atoms with Crippen molar-refractivity contribution in [2.24, 2.45) is 17.8 Å². The second-order valence-electron chi connectivity index (χ2n) is 5.88. The summed E-state index contributed by atoms with van der Waals surface area (Å²) in [6.07, 6.45) is 6.91. The maximum atomic E-state index is 12.8. The van der Waals surface area contributed by atoms with Crippen LogP contribution in [0.4, 0.5) is 0 Å². The second kappa shape index (κ2) is 4.16. The average molecular weight is 251 g/mol. The van der Waals surface area contributed by atoms with Gasteiger partial charge in [0.05, 0.1) is 5.52 Å². The van der Waals surface area contributed by atoms with Crippen LogP contribution >= 0.6 is 0 Å². The number of hydrogen-bond acceptors (Lipinski definition) is 2. The number of benzene rings is 1. The van der Waals surface area contributed by atoms with Crippen molar-refractivity contribution in [1.29, 1.82) is 0 Å². The maximum absolute atomic E-state index is 12.8. The lowest BCUT2D eigenvalue weighted by molar-refractivity contribution is 0.0958. The Morgan fingerprint density at radius 1 is 1.05 bits per heavy atom. The first kappa shape index (κ1) is 11.2. The topological polar surface area (TPSA) is 30.0 Å². The van der Waals surface area contributed by atoms with Crippen LogP contribution in [0, 0.1) is 17.8 Å². The lowest BCUT2D eigenvalue weighted by Crippen LogP contribution is -2.05. The van der Waals surface area contributed by atoms with Crippen LogP contribution in [-0.2, 0) is 0 Å². The Morgan fingerprint density at radius 3 is 2.63 bits per heavy atom. The summed E-state index contributed by atoms with van der Waals surface area (Å²) in [6.45, 7) is 0. The quantitative estimate of drug-likeness (QED) is 0.759. The van der Waals surface area contributed by atoms with Crippen molar-refractivity contribution in [3.63, 3.8) is 0 Å². The van der Waals surface area contributed by atoms with E-state index in [4.69, 9.17) is 0 Å². The molecule has 4 rings (SSSR count). The minimum atomic E-state index is 0.299. The molecule has 2 aliphatic rings. The van der Waals surface area contributed by atoms with E-state index in [-0.39, 0.29) is 0 Å². The Labute approximate surface area is 112 Å². The summed E-state index contributed by atoms with van der Waals surface area (Å²) in [5, 5.41) is 1.01. The zero-order valence-electron chi connectivity index (χ0n) is 10.9. The molecular formula is C17H17NO. The summed E-state index contributed by atoms with van der Waals surface area (Å²) >= 11 is 0. The van der Waals surface area contributed by atoms with Gasteiger partial charge in [0.1, 0.15) is 0 Å². The first-order chi connectivity index (χ1) is 9.36. The normalized spacial score (nSPS) is 28.9. The minimum Gasteiger partial charge on any atom is -0.294 e. The van der Waals surface area contributed by atoms with Crippen LogP contribution in [-0.4, -0.2) is 10.8 Å². The number of nitrogens with zero attached hydrogens (tertiary/aromatic N) is 1. The third-order valence-electron chi connectivity index (χ3n) is 4.87. The highest BCUT2D eigenvalue weighted by Crippen LogP contribution is 2.56. The highest BCUT2D eigenvalue weighted by atomic mass is 16.1. The molecule has 0 saturated heterocycles. The van der Waals surface area contributed by atoms with E-state index in [1.54, 1.807) is 6.20 Å². The number of fused-ring (bicyclic) bond motifs is 2. The predicted octanol–water partition coefficient (Wildman–Crippen LogP) is 3.85. The van der Waals surface area contributed by atoms with Crippen LogP contribution in [0.2, 0.25) is 0 Å². The van der Waals surface area contributed by atoms with Crippen molar-refractivity contribution in [3.05, 3.63) is 42.1 Å². The number of rotatable bonds is 2. The fourth-order valence-corrected chi connectivity index (χ4v) is 3.88. The van der Waals surface area contributed by atoms with Crippen LogP contribution < -0.4 is 0 Å². The van der Waals surface area contributed by atoms with Gasteiger partial charge in [0.2, 0.25) is 0 Å². The fraction of sp³-hybridized carbons (Fsp3) is 0.412. The van der Waals surface area contributed by atoms with Gasteiger partial charge in [0, 0.05) is 23.1 Å². The predicted molar refractivity (Wildman–Crippen MR) is 75.0 cm³/mol. The molecular weight excluding hydrogens is 234 g/mol. The van der Waals surface area contributed by atoms with Gasteiger partial charge in [0.25, 0.3) is 0 Å². The molecule has 2 aliphatic carbocycles. The molecule has 96 valence electrons. The minimum absolute atomic E-state index is 0.299. The SMILES string of the molecule is O=C(c1cccc2ncccc12)C1C2CCCCC21. The van der Waals surface area contributed by atoms with E-state index in [1.807, 2.05) is 30.3 Å². The number of carbonyl (C=O) groups is 1. The van der Waals surface area contributed by atoms with E-state index in [9.17, 15) is 4.79 Å². The molecule has 2 fully saturated rings. The van der Waals surface area contributed by atoms with Gasteiger partial charge in [-0.05, 0) is 36.8 Å². The molecule has 19 heavy (non-hydrogen) atoms. The monoisotopic (exact) mass is 251 g/mol. The van der Waals surface area contributed by atoms with Crippen molar-refractivity contribution >= 4 is 16.7 Å². The Hall–Kier alpha value is -1.70. The van der Waals surface area contributed by atoms with Gasteiger partial charge < -0.3 is 0 Å². The number of aromatic nitrogens is 1. The molecule has 0 N–H and O–H groups in total. The first-order valence-electron chi connectivity index (χ1n) is 7.24. The number of pyridine rings is 1. The summed E-state index contributed by atoms with van der Waals surface area (Å²) in [6, 6.07) is 9.83. The zero-order valence-corrected chi connectivity index (χ0v) is 10.9. The molecule has 1 heterocycles. The van der Waals surface area contributed by atoms with E-state index in [1.165, 1.54) is 25.7 Å². The van der Waals surface area contributed by atoms with Crippen molar-refractivity contribution in [3.8, 4) is 0 Å². The van der Waals surface area contributed by atoms with Crippen molar-refractivity contribution in [1.82, 2.24) is 4.98 Å². The molecule has 0 radical (unpaired) electrons. The number of hydrogen-bond donors (Lipinski definition) is 0. The average Bonchev–Trinajstić information content (AvgIpc) is 3.20. The van der Waals surface area contributed by atoms with Crippen LogP contribution in [0.5, 0.6) is 0 Å². The van der Waals surface area contributed by atoms with E-state index in [0.717, 1.165) is 16.5 Å². The Balaban J connectivity index is 1.73. The lowest BCUT2D eigenvalue weighted by atomic mass is 10.00. The van der Waals surface area contributed by atoms with Gasteiger partial charge in [-0.15, -0.1) is 0 Å². The standard InChI is InChI=1S/C17H17NO/c19-17(16-12-5-1-2-6-13(12)16)14-7-3-9-15-11(14)8-4-10-18-15/h3-4,7-10,12-13,16H,1-2,5-6H2. The number of Topliss-reactive ketones (excluding diaryl/α,β-unsaturated/α-hetero) is 1. The van der Waals surface area contributed by atoms with E-state index < -0.39 is 0 Å². The largest absolute Gasteiger partial charge is 0.294 e. The summed E-state index contributed by atoms with van der Waals surface area (Å²) in [7, 11) is 0. The molecule has 0 amide bonds. The number of ketones is 1. The van der Waals surface area contributed by atoms with Crippen LogP contribution in [0.3, 0.4) is 0 Å². The molecule has 2 atom stereocenters. The molecule has 2 saturated carbocycles.